The van der Waals surface area contributed by atoms with Crippen LogP contribution >= 0.6 is 0 Å². The number of hydrogen-bond donors (Lipinski definition) is 2. The van der Waals surface area contributed by atoms with Gasteiger partial charge in [-0.2, -0.15) is 5.10 Å². The average molecular weight is 266 g/mol. The summed E-state index contributed by atoms with van der Waals surface area (Å²) in [4.78, 5) is 0. The third kappa shape index (κ3) is 5.96. The van der Waals surface area contributed by atoms with Crippen molar-refractivity contribution < 1.29 is 9.13 Å². The van der Waals surface area contributed by atoms with Crippen LogP contribution in [0.2, 0.25) is 0 Å². The highest BCUT2D eigenvalue weighted by atomic mass is 19.1. The second-order valence-corrected chi connectivity index (χ2v) is 4.02. The van der Waals surface area contributed by atoms with Crippen LogP contribution in [0.5, 0.6) is 0 Å². The first kappa shape index (κ1) is 15.1. The van der Waals surface area contributed by atoms with Gasteiger partial charge in [0.15, 0.2) is 0 Å². The van der Waals surface area contributed by atoms with Crippen molar-refractivity contribution in [2.45, 2.75) is 26.4 Å². The topological polar surface area (TPSA) is 86.0 Å². The summed E-state index contributed by atoms with van der Waals surface area (Å²) in [5, 5.41) is 7.21. The molecule has 5 nitrogen and oxygen atoms in total. The molecule has 0 radical (unpaired) electrons. The Morgan fingerprint density at radius 2 is 2.21 bits per heavy atom. The van der Waals surface area contributed by atoms with Gasteiger partial charge in [0, 0.05) is 12.2 Å². The molecule has 0 aliphatic heterocycles. The Bertz CT molecular complexity index is 456. The van der Waals surface area contributed by atoms with Gasteiger partial charge in [-0.05, 0) is 24.1 Å². The molecule has 0 unspecified atom stereocenters. The van der Waals surface area contributed by atoms with Gasteiger partial charge in [0.2, 0.25) is 5.96 Å². The maximum absolute atomic E-state index is 13.2. The number of rotatable bonds is 7. The summed E-state index contributed by atoms with van der Waals surface area (Å²) in [5.41, 5.74) is 11.8. The van der Waals surface area contributed by atoms with Crippen molar-refractivity contribution in [2.24, 2.45) is 21.7 Å². The number of nitrogens with zero attached hydrogens (tertiary/aromatic N) is 2. The van der Waals surface area contributed by atoms with E-state index < -0.39 is 0 Å². The average Bonchev–Trinajstić information content (AvgIpc) is 2.36. The zero-order chi connectivity index (χ0) is 14.1. The molecule has 6 heteroatoms. The van der Waals surface area contributed by atoms with E-state index in [1.54, 1.807) is 6.07 Å². The Labute approximate surface area is 112 Å². The van der Waals surface area contributed by atoms with Gasteiger partial charge in [-0.15, -0.1) is 5.10 Å². The summed E-state index contributed by atoms with van der Waals surface area (Å²) < 4.78 is 18.7. The molecule has 19 heavy (non-hydrogen) atoms. The minimum Gasteiger partial charge on any atom is -0.377 e. The molecule has 1 aromatic rings. The fraction of sp³-hybridized carbons (Fsp3) is 0.385. The van der Waals surface area contributed by atoms with Crippen LogP contribution < -0.4 is 11.5 Å². The molecule has 0 aliphatic rings. The lowest BCUT2D eigenvalue weighted by molar-refractivity contribution is 0.118. The molecular formula is C13H19FN4O. The Kier molecular flexibility index (Phi) is 6.52. The Morgan fingerprint density at radius 1 is 1.42 bits per heavy atom. The predicted octanol–water partition coefficient (Wildman–Crippen LogP) is 1.75. The van der Waals surface area contributed by atoms with Crippen LogP contribution in [0.25, 0.3) is 0 Å². The van der Waals surface area contributed by atoms with E-state index in [9.17, 15) is 4.39 Å². The first-order valence-corrected chi connectivity index (χ1v) is 6.11. The van der Waals surface area contributed by atoms with E-state index in [1.807, 2.05) is 0 Å². The second-order valence-electron chi connectivity index (χ2n) is 4.02. The van der Waals surface area contributed by atoms with Crippen molar-refractivity contribution in [3.8, 4) is 0 Å². The molecule has 0 heterocycles. The molecule has 0 fully saturated rings. The molecule has 0 aliphatic carbocycles. The summed E-state index contributed by atoms with van der Waals surface area (Å²) in [6, 6.07) is 4.38. The lowest BCUT2D eigenvalue weighted by Gasteiger charge is -2.07. The zero-order valence-electron chi connectivity index (χ0n) is 11.0. The second kappa shape index (κ2) is 8.20. The molecule has 4 N–H and O–H groups in total. The van der Waals surface area contributed by atoms with Gasteiger partial charge in [0.1, 0.15) is 5.82 Å². The van der Waals surface area contributed by atoms with Crippen molar-refractivity contribution in [2.75, 3.05) is 6.61 Å². The maximum Gasteiger partial charge on any atom is 0.211 e. The van der Waals surface area contributed by atoms with E-state index in [4.69, 9.17) is 16.2 Å². The van der Waals surface area contributed by atoms with Crippen molar-refractivity contribution in [1.29, 1.82) is 0 Å². The number of halogens is 1. The summed E-state index contributed by atoms with van der Waals surface area (Å²) >= 11 is 0. The Hall–Kier alpha value is -1.95. The van der Waals surface area contributed by atoms with E-state index in [0.717, 1.165) is 18.4 Å². The number of nitrogens with two attached hydrogens (primary N) is 2. The normalized spacial score (nSPS) is 10.8. The van der Waals surface area contributed by atoms with Crippen molar-refractivity contribution in [3.63, 3.8) is 0 Å². The largest absolute Gasteiger partial charge is 0.377 e. The van der Waals surface area contributed by atoms with Crippen molar-refractivity contribution in [3.05, 3.63) is 35.1 Å². The van der Waals surface area contributed by atoms with Gasteiger partial charge >= 0.3 is 0 Å². The first-order valence-electron chi connectivity index (χ1n) is 6.11. The minimum atomic E-state index is -0.312. The maximum atomic E-state index is 13.2. The van der Waals surface area contributed by atoms with Gasteiger partial charge in [-0.3, -0.25) is 0 Å². The van der Waals surface area contributed by atoms with Gasteiger partial charge < -0.3 is 16.2 Å². The lowest BCUT2D eigenvalue weighted by atomic mass is 10.1. The molecule has 0 atom stereocenters. The first-order chi connectivity index (χ1) is 9.13. The monoisotopic (exact) mass is 266 g/mol. The SMILES string of the molecule is CCCCOCc1cc(F)ccc1C=NN=C(N)N. The molecule has 0 saturated carbocycles. The van der Waals surface area contributed by atoms with Crippen molar-refractivity contribution in [1.82, 2.24) is 0 Å². The van der Waals surface area contributed by atoms with Gasteiger partial charge in [0.05, 0.1) is 12.8 Å². The molecule has 1 rings (SSSR count). The number of ether oxygens (including phenoxy) is 1. The molecule has 104 valence electrons. The zero-order valence-corrected chi connectivity index (χ0v) is 11.0. The van der Waals surface area contributed by atoms with E-state index in [-0.39, 0.29) is 11.8 Å². The lowest BCUT2D eigenvalue weighted by Crippen LogP contribution is -2.21. The molecule has 0 spiro atoms. The van der Waals surface area contributed by atoms with Crippen LogP contribution in [-0.4, -0.2) is 18.8 Å². The highest BCUT2D eigenvalue weighted by Crippen LogP contribution is 2.11. The molecular weight excluding hydrogens is 247 g/mol. The summed E-state index contributed by atoms with van der Waals surface area (Å²) in [6.45, 7) is 3.07. The quantitative estimate of drug-likeness (QED) is 0.341. The van der Waals surface area contributed by atoms with Crippen LogP contribution in [0.3, 0.4) is 0 Å². The van der Waals surface area contributed by atoms with Crippen LogP contribution in [-0.2, 0) is 11.3 Å². The van der Waals surface area contributed by atoms with E-state index >= 15 is 0 Å². The Balaban J connectivity index is 2.74. The number of hydrogen-bond acceptors (Lipinski definition) is 3. The number of benzene rings is 1. The fourth-order valence-corrected chi connectivity index (χ4v) is 1.41. The van der Waals surface area contributed by atoms with Crippen molar-refractivity contribution >= 4 is 12.2 Å². The molecule has 0 bridgehead atoms. The summed E-state index contributed by atoms with van der Waals surface area (Å²) in [6.07, 6.45) is 3.51. The summed E-state index contributed by atoms with van der Waals surface area (Å²) in [7, 11) is 0. The number of guanidine groups is 1. The van der Waals surface area contributed by atoms with Crippen LogP contribution in [0, 0.1) is 5.82 Å². The number of unbranched alkanes of at least 4 members (excludes halogenated alkanes) is 1. The highest BCUT2D eigenvalue weighted by Gasteiger charge is 2.03. The van der Waals surface area contributed by atoms with Crippen LogP contribution in [0.15, 0.2) is 28.4 Å². The molecule has 0 saturated heterocycles. The smallest absolute Gasteiger partial charge is 0.211 e. The Morgan fingerprint density at radius 3 is 2.89 bits per heavy atom. The van der Waals surface area contributed by atoms with E-state index in [2.05, 4.69) is 17.1 Å². The van der Waals surface area contributed by atoms with Crippen LogP contribution in [0.4, 0.5) is 4.39 Å². The molecule has 0 amide bonds. The minimum absolute atomic E-state index is 0.126. The van der Waals surface area contributed by atoms with Gasteiger partial charge in [0.25, 0.3) is 0 Å². The summed E-state index contributed by atoms with van der Waals surface area (Å²) in [5.74, 6) is -0.438. The fourth-order valence-electron chi connectivity index (χ4n) is 1.41. The standard InChI is InChI=1S/C13H19FN4O/c1-2-3-6-19-9-11-7-12(14)5-4-10(11)8-17-18-13(15)16/h4-5,7-8H,2-3,6,9H2,1H3,(H4,15,16,18). The molecule has 0 aromatic heterocycles. The van der Waals surface area contributed by atoms with E-state index in [0.29, 0.717) is 18.8 Å². The van der Waals surface area contributed by atoms with Gasteiger partial charge in [-0.25, -0.2) is 4.39 Å². The van der Waals surface area contributed by atoms with Crippen LogP contribution in [0.1, 0.15) is 30.9 Å². The highest BCUT2D eigenvalue weighted by molar-refractivity contribution is 5.83. The third-order valence-electron chi connectivity index (χ3n) is 2.37. The third-order valence-corrected chi connectivity index (χ3v) is 2.37. The van der Waals surface area contributed by atoms with E-state index in [1.165, 1.54) is 18.3 Å². The predicted molar refractivity (Wildman–Crippen MR) is 74.4 cm³/mol. The molecule has 1 aromatic carbocycles. The van der Waals surface area contributed by atoms with Gasteiger partial charge in [-0.1, -0.05) is 19.4 Å².